The van der Waals surface area contributed by atoms with Crippen molar-refractivity contribution in [3.63, 3.8) is 0 Å². The molecule has 4 aromatic heterocycles. The number of thioether (sulfide) groups is 1. The smallest absolute Gasteiger partial charge is 0.277 e. The molecule has 5 rings (SSSR count). The van der Waals surface area contributed by atoms with E-state index in [1.807, 2.05) is 20.8 Å². The lowest BCUT2D eigenvalue weighted by atomic mass is 9.90. The van der Waals surface area contributed by atoms with Gasteiger partial charge in [-0.15, -0.1) is 32.9 Å². The maximum Gasteiger partial charge on any atom is 0.277 e. The van der Waals surface area contributed by atoms with Gasteiger partial charge >= 0.3 is 0 Å². The summed E-state index contributed by atoms with van der Waals surface area (Å²) in [5.41, 5.74) is 2.34. The fourth-order valence-electron chi connectivity index (χ4n) is 3.84. The minimum Gasteiger partial charge on any atom is -0.410 e. The maximum atomic E-state index is 12.6. The molecule has 0 saturated carbocycles. The van der Waals surface area contributed by atoms with Gasteiger partial charge in [0.25, 0.3) is 16.7 Å². The van der Waals surface area contributed by atoms with Crippen LogP contribution in [0.2, 0.25) is 0 Å². The molecule has 0 fully saturated rings. The SMILES string of the molecule is Cc1sc2nc([C@@H](C)Sc3nnc(-c4cc5c(s4)CC[C@@H](C)C5)o3)[nH]c(=O)c2c1C. The zero-order chi connectivity index (χ0) is 21.0. The number of fused-ring (bicyclic) bond motifs is 2. The number of H-pyrrole nitrogens is 1. The summed E-state index contributed by atoms with van der Waals surface area (Å²) in [5.74, 6) is 1.93. The molecule has 0 radical (unpaired) electrons. The van der Waals surface area contributed by atoms with Crippen molar-refractivity contribution in [1.82, 2.24) is 20.2 Å². The van der Waals surface area contributed by atoms with Gasteiger partial charge in [-0.3, -0.25) is 4.79 Å². The second-order valence-electron chi connectivity index (χ2n) is 7.95. The Morgan fingerprint density at radius 3 is 2.97 bits per heavy atom. The Hall–Kier alpha value is -1.97. The van der Waals surface area contributed by atoms with Crippen LogP contribution in [0.4, 0.5) is 0 Å². The Bertz CT molecular complexity index is 1300. The van der Waals surface area contributed by atoms with Gasteiger partial charge in [0.05, 0.1) is 15.5 Å². The van der Waals surface area contributed by atoms with Crippen LogP contribution in [0.3, 0.4) is 0 Å². The molecule has 0 unspecified atom stereocenters. The van der Waals surface area contributed by atoms with Gasteiger partial charge in [0.15, 0.2) is 0 Å². The molecule has 156 valence electrons. The molecular formula is C21H22N4O2S3. The average molecular weight is 459 g/mol. The fraction of sp³-hybridized carbons (Fsp3) is 0.429. The lowest BCUT2D eigenvalue weighted by Crippen LogP contribution is -2.12. The Kier molecular flexibility index (Phi) is 5.07. The number of hydrogen-bond donors (Lipinski definition) is 1. The normalized spacial score (nSPS) is 17.4. The molecule has 0 aliphatic heterocycles. The van der Waals surface area contributed by atoms with Gasteiger partial charge in [-0.1, -0.05) is 18.7 Å². The number of aromatic amines is 1. The molecule has 30 heavy (non-hydrogen) atoms. The van der Waals surface area contributed by atoms with Gasteiger partial charge < -0.3 is 9.40 Å². The number of thiophene rings is 2. The first-order chi connectivity index (χ1) is 14.4. The van der Waals surface area contributed by atoms with Crippen LogP contribution in [0.5, 0.6) is 0 Å². The second kappa shape index (κ2) is 7.62. The highest BCUT2D eigenvalue weighted by molar-refractivity contribution is 7.99. The quantitative estimate of drug-likeness (QED) is 0.395. The summed E-state index contributed by atoms with van der Waals surface area (Å²) in [5, 5.41) is 9.54. The molecule has 1 aliphatic rings. The van der Waals surface area contributed by atoms with Crippen molar-refractivity contribution in [2.45, 2.75) is 57.4 Å². The van der Waals surface area contributed by atoms with Crippen molar-refractivity contribution in [2.24, 2.45) is 5.92 Å². The summed E-state index contributed by atoms with van der Waals surface area (Å²) < 4.78 is 5.94. The predicted molar refractivity (Wildman–Crippen MR) is 123 cm³/mol. The first kappa shape index (κ1) is 20.0. The van der Waals surface area contributed by atoms with Crippen LogP contribution in [0.15, 0.2) is 20.5 Å². The minimum atomic E-state index is -0.115. The van der Waals surface area contributed by atoms with Gasteiger partial charge in [0, 0.05) is 9.75 Å². The predicted octanol–water partition coefficient (Wildman–Crippen LogP) is 5.69. The zero-order valence-corrected chi connectivity index (χ0v) is 19.7. The van der Waals surface area contributed by atoms with Crippen LogP contribution in [-0.2, 0) is 12.8 Å². The Morgan fingerprint density at radius 1 is 1.30 bits per heavy atom. The number of rotatable bonds is 4. The van der Waals surface area contributed by atoms with Gasteiger partial charge in [-0.25, -0.2) is 4.98 Å². The molecule has 4 heterocycles. The van der Waals surface area contributed by atoms with E-state index in [2.05, 4.69) is 33.2 Å². The summed E-state index contributed by atoms with van der Waals surface area (Å²) in [6, 6.07) is 2.20. The topological polar surface area (TPSA) is 84.7 Å². The first-order valence-corrected chi connectivity index (χ1v) is 12.5. The highest BCUT2D eigenvalue weighted by Crippen LogP contribution is 2.39. The van der Waals surface area contributed by atoms with E-state index < -0.39 is 0 Å². The Morgan fingerprint density at radius 2 is 2.13 bits per heavy atom. The molecule has 1 aliphatic carbocycles. The monoisotopic (exact) mass is 458 g/mol. The van der Waals surface area contributed by atoms with E-state index in [1.165, 1.54) is 28.6 Å². The van der Waals surface area contributed by atoms with Gasteiger partial charge in [-0.2, -0.15) is 0 Å². The van der Waals surface area contributed by atoms with Crippen molar-refractivity contribution in [3.8, 4) is 10.8 Å². The Balaban J connectivity index is 1.38. The fourth-order valence-corrected chi connectivity index (χ4v) is 6.75. The summed E-state index contributed by atoms with van der Waals surface area (Å²) in [7, 11) is 0. The minimum absolute atomic E-state index is 0.0890. The highest BCUT2D eigenvalue weighted by Gasteiger charge is 2.22. The lowest BCUT2D eigenvalue weighted by Gasteiger charge is -2.16. The molecule has 6 nitrogen and oxygen atoms in total. The van der Waals surface area contributed by atoms with Crippen molar-refractivity contribution in [1.29, 1.82) is 0 Å². The molecule has 0 bridgehead atoms. The molecule has 4 aromatic rings. The van der Waals surface area contributed by atoms with Gasteiger partial charge in [0.1, 0.15) is 10.7 Å². The van der Waals surface area contributed by atoms with E-state index in [-0.39, 0.29) is 10.8 Å². The first-order valence-electron chi connectivity index (χ1n) is 10.0. The van der Waals surface area contributed by atoms with Crippen molar-refractivity contribution < 1.29 is 4.42 Å². The molecule has 0 aromatic carbocycles. The third kappa shape index (κ3) is 3.52. The van der Waals surface area contributed by atoms with Crippen molar-refractivity contribution in [2.75, 3.05) is 0 Å². The molecule has 0 spiro atoms. The van der Waals surface area contributed by atoms with E-state index in [4.69, 9.17) is 4.42 Å². The van der Waals surface area contributed by atoms with Crippen LogP contribution in [0.25, 0.3) is 21.0 Å². The van der Waals surface area contributed by atoms with Crippen molar-refractivity contribution in [3.05, 3.63) is 43.1 Å². The van der Waals surface area contributed by atoms with E-state index in [0.717, 1.165) is 38.9 Å². The standard InChI is InChI=1S/C21H22N4O2S3/c1-9-5-6-14-13(7-9)8-15(30-14)19-24-25-21(27-19)29-12(4)17-22-18(26)16-10(2)11(3)28-20(16)23-17/h8-9,12H,5-7H2,1-4H3,(H,22,23,26)/t9-,12-/m1/s1. The van der Waals surface area contributed by atoms with Crippen LogP contribution in [0, 0.1) is 19.8 Å². The summed E-state index contributed by atoms with van der Waals surface area (Å²) in [6.45, 7) is 8.27. The second-order valence-corrected chi connectivity index (χ2v) is 11.6. The average Bonchev–Trinajstić information content (AvgIpc) is 3.39. The molecule has 1 N–H and O–H groups in total. The van der Waals surface area contributed by atoms with E-state index in [9.17, 15) is 4.79 Å². The van der Waals surface area contributed by atoms with Crippen LogP contribution in [0.1, 0.15) is 52.2 Å². The summed E-state index contributed by atoms with van der Waals surface area (Å²) >= 11 is 4.73. The van der Waals surface area contributed by atoms with Gasteiger partial charge in [0.2, 0.25) is 0 Å². The summed E-state index contributed by atoms with van der Waals surface area (Å²) in [4.78, 5) is 24.6. The van der Waals surface area contributed by atoms with E-state index in [1.54, 1.807) is 22.7 Å². The van der Waals surface area contributed by atoms with Crippen LogP contribution in [-0.4, -0.2) is 20.2 Å². The zero-order valence-electron chi connectivity index (χ0n) is 17.2. The maximum absolute atomic E-state index is 12.6. The third-order valence-corrected chi connectivity index (χ3v) is 8.94. The van der Waals surface area contributed by atoms with Crippen LogP contribution >= 0.6 is 34.4 Å². The number of aromatic nitrogens is 4. The van der Waals surface area contributed by atoms with Gasteiger partial charge in [-0.05, 0) is 63.1 Å². The molecular weight excluding hydrogens is 436 g/mol. The number of nitrogens with one attached hydrogen (secondary N) is 1. The number of hydrogen-bond acceptors (Lipinski definition) is 8. The molecule has 2 atom stereocenters. The highest BCUT2D eigenvalue weighted by atomic mass is 32.2. The number of nitrogens with zero attached hydrogens (tertiary/aromatic N) is 3. The molecule has 0 saturated heterocycles. The summed E-state index contributed by atoms with van der Waals surface area (Å²) in [6.07, 6.45) is 3.51. The molecule has 0 amide bonds. The number of aryl methyl sites for hydroxylation is 3. The third-order valence-electron chi connectivity index (χ3n) is 5.67. The molecule has 9 heteroatoms. The Labute approximate surface area is 186 Å². The van der Waals surface area contributed by atoms with E-state index >= 15 is 0 Å². The lowest BCUT2D eigenvalue weighted by molar-refractivity contribution is 0.465. The largest absolute Gasteiger partial charge is 0.410 e. The van der Waals surface area contributed by atoms with Crippen LogP contribution < -0.4 is 5.56 Å². The van der Waals surface area contributed by atoms with E-state index in [0.29, 0.717) is 22.3 Å². The van der Waals surface area contributed by atoms with Crippen molar-refractivity contribution >= 4 is 44.7 Å².